The van der Waals surface area contributed by atoms with E-state index in [1.807, 2.05) is 0 Å². The molecule has 1 atom stereocenters. The molecule has 36 heavy (non-hydrogen) atoms. The molecular weight excluding hydrogens is 506 g/mol. The van der Waals surface area contributed by atoms with Gasteiger partial charge in [-0.25, -0.2) is 12.7 Å². The maximum absolute atomic E-state index is 13.2. The standard InChI is InChI=1S/C25H28ClN3O6S/c1-27(2)36(33,34)20-8-6-17(7-9-20)23(30)21-22(18-4-3-5-19(26)16-18)29(25(32)24(21)31)11-10-28-12-14-35-15-13-28/h3-9,16,22,30H,10-15H2,1-2H3/b23-21-. The van der Waals surface area contributed by atoms with Gasteiger partial charge in [-0.1, -0.05) is 23.7 Å². The third-order valence-electron chi connectivity index (χ3n) is 6.37. The van der Waals surface area contributed by atoms with Crippen molar-refractivity contribution in [1.29, 1.82) is 0 Å². The zero-order valence-electron chi connectivity index (χ0n) is 20.1. The van der Waals surface area contributed by atoms with Gasteiger partial charge in [-0.3, -0.25) is 14.5 Å². The van der Waals surface area contributed by atoms with Gasteiger partial charge in [-0.15, -0.1) is 0 Å². The average Bonchev–Trinajstić information content (AvgIpc) is 3.12. The number of aliphatic hydroxyl groups is 1. The summed E-state index contributed by atoms with van der Waals surface area (Å²) in [5.41, 5.74) is 0.760. The molecule has 0 saturated carbocycles. The molecule has 11 heteroatoms. The first-order valence-electron chi connectivity index (χ1n) is 11.5. The van der Waals surface area contributed by atoms with Crippen LogP contribution in [0.25, 0.3) is 5.76 Å². The third kappa shape index (κ3) is 5.18. The van der Waals surface area contributed by atoms with Crippen LogP contribution in [0.15, 0.2) is 59.0 Å². The highest BCUT2D eigenvalue weighted by Crippen LogP contribution is 2.40. The van der Waals surface area contributed by atoms with E-state index in [0.717, 1.165) is 17.4 Å². The number of halogens is 1. The molecule has 1 unspecified atom stereocenters. The number of amides is 1. The van der Waals surface area contributed by atoms with Gasteiger partial charge in [0.05, 0.1) is 29.7 Å². The SMILES string of the molecule is CN(C)S(=O)(=O)c1ccc(/C(O)=C2/C(=O)C(=O)N(CCN3CCOCC3)C2c2cccc(Cl)c2)cc1. The first kappa shape index (κ1) is 26.3. The minimum Gasteiger partial charge on any atom is -0.507 e. The number of ketones is 1. The molecule has 0 bridgehead atoms. The number of carbonyl (C=O) groups excluding carboxylic acids is 2. The van der Waals surface area contributed by atoms with Gasteiger partial charge >= 0.3 is 0 Å². The van der Waals surface area contributed by atoms with Crippen LogP contribution in [0.1, 0.15) is 17.2 Å². The van der Waals surface area contributed by atoms with Crippen molar-refractivity contribution in [3.63, 3.8) is 0 Å². The first-order valence-corrected chi connectivity index (χ1v) is 13.3. The highest BCUT2D eigenvalue weighted by molar-refractivity contribution is 7.89. The summed E-state index contributed by atoms with van der Waals surface area (Å²) in [6.07, 6.45) is 0. The number of benzene rings is 2. The Balaban J connectivity index is 1.73. The van der Waals surface area contributed by atoms with E-state index >= 15 is 0 Å². The van der Waals surface area contributed by atoms with Crippen LogP contribution in [0.4, 0.5) is 0 Å². The number of ether oxygens (including phenoxy) is 1. The molecule has 9 nitrogen and oxygen atoms in total. The maximum atomic E-state index is 13.2. The number of aliphatic hydroxyl groups excluding tert-OH is 1. The van der Waals surface area contributed by atoms with Crippen molar-refractivity contribution < 1.29 is 27.9 Å². The minimum absolute atomic E-state index is 0.0430. The van der Waals surface area contributed by atoms with Gasteiger partial charge < -0.3 is 14.7 Å². The van der Waals surface area contributed by atoms with Crippen LogP contribution in [0.5, 0.6) is 0 Å². The van der Waals surface area contributed by atoms with Crippen LogP contribution in [-0.2, 0) is 24.3 Å². The Bertz CT molecular complexity index is 1290. The second-order valence-corrected chi connectivity index (χ2v) is 11.4. The molecule has 1 amide bonds. The smallest absolute Gasteiger partial charge is 0.295 e. The number of rotatable bonds is 7. The molecule has 2 saturated heterocycles. The molecule has 2 aliphatic heterocycles. The van der Waals surface area contributed by atoms with E-state index in [0.29, 0.717) is 30.3 Å². The van der Waals surface area contributed by atoms with Crippen LogP contribution in [0.2, 0.25) is 5.02 Å². The van der Waals surface area contributed by atoms with Gasteiger partial charge in [0.2, 0.25) is 10.0 Å². The van der Waals surface area contributed by atoms with Crippen molar-refractivity contribution in [3.8, 4) is 0 Å². The highest BCUT2D eigenvalue weighted by atomic mass is 35.5. The lowest BCUT2D eigenvalue weighted by Gasteiger charge is -2.31. The summed E-state index contributed by atoms with van der Waals surface area (Å²) in [4.78, 5) is 30.0. The summed E-state index contributed by atoms with van der Waals surface area (Å²) >= 11 is 6.22. The lowest BCUT2D eigenvalue weighted by Crippen LogP contribution is -2.42. The van der Waals surface area contributed by atoms with Crippen molar-refractivity contribution in [2.24, 2.45) is 0 Å². The molecule has 2 aromatic rings. The zero-order valence-corrected chi connectivity index (χ0v) is 21.6. The lowest BCUT2D eigenvalue weighted by molar-refractivity contribution is -0.140. The van der Waals surface area contributed by atoms with Crippen molar-refractivity contribution in [2.75, 3.05) is 53.5 Å². The maximum Gasteiger partial charge on any atom is 0.295 e. The lowest BCUT2D eigenvalue weighted by atomic mass is 9.95. The van der Waals surface area contributed by atoms with Crippen molar-refractivity contribution in [2.45, 2.75) is 10.9 Å². The van der Waals surface area contributed by atoms with E-state index in [9.17, 15) is 23.1 Å². The second-order valence-electron chi connectivity index (χ2n) is 8.81. The van der Waals surface area contributed by atoms with Crippen LogP contribution in [-0.4, -0.2) is 92.8 Å². The minimum atomic E-state index is -3.67. The van der Waals surface area contributed by atoms with E-state index in [2.05, 4.69) is 4.90 Å². The monoisotopic (exact) mass is 533 g/mol. The van der Waals surface area contributed by atoms with Gasteiger partial charge in [-0.05, 0) is 42.0 Å². The molecule has 2 aromatic carbocycles. The Morgan fingerprint density at radius 2 is 1.75 bits per heavy atom. The summed E-state index contributed by atoms with van der Waals surface area (Å²) < 4.78 is 31.3. The van der Waals surface area contributed by atoms with Crippen molar-refractivity contribution >= 4 is 39.1 Å². The summed E-state index contributed by atoms with van der Waals surface area (Å²) in [6.45, 7) is 3.50. The molecule has 0 spiro atoms. The molecule has 2 fully saturated rings. The molecular formula is C25H28ClN3O6S. The fraction of sp³-hybridized carbons (Fsp3) is 0.360. The van der Waals surface area contributed by atoms with Crippen molar-refractivity contribution in [3.05, 3.63) is 70.3 Å². The predicted molar refractivity (Wildman–Crippen MR) is 135 cm³/mol. The fourth-order valence-electron chi connectivity index (χ4n) is 4.36. The number of carbonyl (C=O) groups is 2. The van der Waals surface area contributed by atoms with Gasteiger partial charge in [0.1, 0.15) is 5.76 Å². The Morgan fingerprint density at radius 3 is 2.36 bits per heavy atom. The van der Waals surface area contributed by atoms with E-state index in [4.69, 9.17) is 16.3 Å². The Hall–Kier alpha value is -2.76. The van der Waals surface area contributed by atoms with Crippen LogP contribution < -0.4 is 0 Å². The number of hydrogen-bond acceptors (Lipinski definition) is 7. The Labute approximate surface area is 215 Å². The Kier molecular flexibility index (Phi) is 7.82. The first-order chi connectivity index (χ1) is 17.1. The van der Waals surface area contributed by atoms with Crippen LogP contribution in [0, 0.1) is 0 Å². The van der Waals surface area contributed by atoms with E-state index in [1.54, 1.807) is 24.3 Å². The molecule has 0 radical (unpaired) electrons. The molecule has 0 aromatic heterocycles. The van der Waals surface area contributed by atoms with E-state index < -0.39 is 27.8 Å². The molecule has 1 N–H and O–H groups in total. The molecule has 2 aliphatic rings. The normalized spacial score (nSPS) is 20.9. The average molecular weight is 534 g/mol. The van der Waals surface area contributed by atoms with Crippen molar-refractivity contribution in [1.82, 2.24) is 14.1 Å². The topological polar surface area (TPSA) is 107 Å². The highest BCUT2D eigenvalue weighted by Gasteiger charge is 2.46. The number of likely N-dealkylation sites (tertiary alicyclic amines) is 1. The van der Waals surface area contributed by atoms with Gasteiger partial charge in [0, 0.05) is 50.9 Å². The molecule has 0 aliphatic carbocycles. The number of hydrogen-bond donors (Lipinski definition) is 1. The Morgan fingerprint density at radius 1 is 1.08 bits per heavy atom. The summed E-state index contributed by atoms with van der Waals surface area (Å²) in [6, 6.07) is 11.5. The summed E-state index contributed by atoms with van der Waals surface area (Å²) in [7, 11) is -0.819. The number of nitrogens with zero attached hydrogens (tertiary/aromatic N) is 3. The summed E-state index contributed by atoms with van der Waals surface area (Å²) in [5.74, 6) is -1.88. The van der Waals surface area contributed by atoms with Gasteiger partial charge in [0.15, 0.2) is 0 Å². The van der Waals surface area contributed by atoms with Gasteiger partial charge in [-0.2, -0.15) is 0 Å². The largest absolute Gasteiger partial charge is 0.507 e. The zero-order chi connectivity index (χ0) is 26.0. The fourth-order valence-corrected chi connectivity index (χ4v) is 5.46. The van der Waals surface area contributed by atoms with Gasteiger partial charge in [0.25, 0.3) is 11.7 Å². The summed E-state index contributed by atoms with van der Waals surface area (Å²) in [5, 5.41) is 11.6. The number of sulfonamides is 1. The van der Waals surface area contributed by atoms with E-state index in [1.165, 1.54) is 43.3 Å². The van der Waals surface area contributed by atoms with Crippen LogP contribution >= 0.6 is 11.6 Å². The molecule has 2 heterocycles. The van der Waals surface area contributed by atoms with E-state index in [-0.39, 0.29) is 28.3 Å². The molecule has 192 valence electrons. The number of Topliss-reactive ketones (excluding diaryl/α,β-unsaturated/α-hetero) is 1. The number of morpholine rings is 1. The molecule has 4 rings (SSSR count). The third-order valence-corrected chi connectivity index (χ3v) is 8.44. The second kappa shape index (κ2) is 10.7. The predicted octanol–water partition coefficient (Wildman–Crippen LogP) is 2.34. The van der Waals surface area contributed by atoms with Crippen LogP contribution in [0.3, 0.4) is 0 Å². The quantitative estimate of drug-likeness (QED) is 0.331.